The lowest BCUT2D eigenvalue weighted by atomic mass is 10.1. The van der Waals surface area contributed by atoms with E-state index < -0.39 is 5.97 Å². The number of hydrogen-bond donors (Lipinski definition) is 2. The molecule has 1 rings (SSSR count). The van der Waals surface area contributed by atoms with Crippen LogP contribution in [0, 0.1) is 0 Å². The van der Waals surface area contributed by atoms with Gasteiger partial charge in [0.2, 0.25) is 11.8 Å². The quantitative estimate of drug-likeness (QED) is 0.450. The highest BCUT2D eigenvalue weighted by molar-refractivity contribution is 8.00. The predicted molar refractivity (Wildman–Crippen MR) is 83.3 cm³/mol. The molecule has 3 N–H and O–H groups in total. The molecule has 0 aromatic rings. The Morgan fingerprint density at radius 3 is 2.77 bits per heavy atom. The second-order valence-corrected chi connectivity index (χ2v) is 7.08. The van der Waals surface area contributed by atoms with Crippen molar-refractivity contribution >= 4 is 29.5 Å². The normalized spacial score (nSPS) is 19.0. The lowest BCUT2D eigenvalue weighted by Gasteiger charge is -2.24. The zero-order valence-corrected chi connectivity index (χ0v) is 13.9. The Morgan fingerprint density at radius 2 is 2.18 bits per heavy atom. The number of imide groups is 1. The predicted octanol–water partition coefficient (Wildman–Crippen LogP) is 0.813. The molecule has 1 heterocycles. The second kappa shape index (κ2) is 8.50. The third-order valence-corrected chi connectivity index (χ3v) is 4.68. The number of hydrogen-bond acceptors (Lipinski definition) is 6. The largest absolute Gasteiger partial charge is 0.481 e. The lowest BCUT2D eigenvalue weighted by molar-refractivity contribution is -0.141. The molecule has 2 amide bonds. The molecule has 0 aromatic heterocycles. The minimum absolute atomic E-state index is 0.0422. The molecule has 0 bridgehead atoms. The maximum atomic E-state index is 12.2. The molecule has 0 saturated carbocycles. The van der Waals surface area contributed by atoms with Crippen LogP contribution in [0.5, 0.6) is 0 Å². The minimum Gasteiger partial charge on any atom is -0.481 e. The number of carboxylic acid groups (broad SMARTS) is 1. The van der Waals surface area contributed by atoms with Gasteiger partial charge in [-0.3, -0.25) is 19.3 Å². The second-order valence-electron chi connectivity index (χ2n) is 5.77. The number of ether oxygens (including phenoxy) is 1. The summed E-state index contributed by atoms with van der Waals surface area (Å²) in [4.78, 5) is 35.7. The number of carbonyl (C=O) groups excluding carboxylic acids is 2. The van der Waals surface area contributed by atoms with Crippen molar-refractivity contribution in [1.82, 2.24) is 4.90 Å². The fraction of sp³-hybridized carbons (Fsp3) is 0.786. The number of carbonyl (C=O) groups is 3. The van der Waals surface area contributed by atoms with Gasteiger partial charge in [-0.1, -0.05) is 0 Å². The molecule has 0 radical (unpaired) electrons. The fourth-order valence-electron chi connectivity index (χ4n) is 2.15. The summed E-state index contributed by atoms with van der Waals surface area (Å²) < 4.78 is 5.39. The Morgan fingerprint density at radius 1 is 1.50 bits per heavy atom. The molecule has 22 heavy (non-hydrogen) atoms. The first kappa shape index (κ1) is 18.9. The highest BCUT2D eigenvalue weighted by atomic mass is 32.2. The summed E-state index contributed by atoms with van der Waals surface area (Å²) in [6, 6.07) is 0. The van der Waals surface area contributed by atoms with Gasteiger partial charge in [-0.25, -0.2) is 0 Å². The van der Waals surface area contributed by atoms with E-state index in [0.717, 1.165) is 6.42 Å². The van der Waals surface area contributed by atoms with Crippen molar-refractivity contribution in [3.05, 3.63) is 0 Å². The van der Waals surface area contributed by atoms with Gasteiger partial charge in [0, 0.05) is 19.4 Å². The van der Waals surface area contributed by atoms with Crippen LogP contribution in [-0.2, 0) is 19.1 Å². The molecule has 1 unspecified atom stereocenters. The smallest absolute Gasteiger partial charge is 0.303 e. The Hall–Kier alpha value is -1.12. The summed E-state index contributed by atoms with van der Waals surface area (Å²) in [5, 5.41) is 8.22. The molecule has 7 nitrogen and oxygen atoms in total. The topological polar surface area (TPSA) is 110 Å². The number of carboxylic acids is 1. The monoisotopic (exact) mass is 332 g/mol. The van der Waals surface area contributed by atoms with Gasteiger partial charge in [0.25, 0.3) is 0 Å². The van der Waals surface area contributed by atoms with Crippen LogP contribution in [-0.4, -0.2) is 57.7 Å². The SMILES string of the molecule is CC(C)(CCSC1CC(=O)N(CCCC(=O)O)C1=O)OCN. The molecule has 1 atom stereocenters. The highest BCUT2D eigenvalue weighted by Gasteiger charge is 2.38. The molecule has 8 heteroatoms. The molecule has 1 fully saturated rings. The minimum atomic E-state index is -0.924. The van der Waals surface area contributed by atoms with E-state index >= 15 is 0 Å². The third kappa shape index (κ3) is 5.94. The van der Waals surface area contributed by atoms with Gasteiger partial charge in [0.05, 0.1) is 17.6 Å². The highest BCUT2D eigenvalue weighted by Crippen LogP contribution is 2.28. The maximum Gasteiger partial charge on any atom is 0.303 e. The van der Waals surface area contributed by atoms with Crippen molar-refractivity contribution in [2.75, 3.05) is 19.0 Å². The van der Waals surface area contributed by atoms with Gasteiger partial charge in [-0.05, 0) is 32.4 Å². The van der Waals surface area contributed by atoms with Gasteiger partial charge < -0.3 is 15.6 Å². The van der Waals surface area contributed by atoms with E-state index in [2.05, 4.69) is 0 Å². The van der Waals surface area contributed by atoms with Crippen molar-refractivity contribution < 1.29 is 24.2 Å². The first-order chi connectivity index (χ1) is 10.3. The van der Waals surface area contributed by atoms with Crippen molar-refractivity contribution in [2.45, 2.75) is 50.4 Å². The molecule has 1 saturated heterocycles. The average Bonchev–Trinajstić information content (AvgIpc) is 2.65. The lowest BCUT2D eigenvalue weighted by Crippen LogP contribution is -2.33. The van der Waals surface area contributed by atoms with E-state index in [-0.39, 0.29) is 48.8 Å². The Kier molecular flexibility index (Phi) is 7.31. The van der Waals surface area contributed by atoms with E-state index in [1.54, 1.807) is 0 Å². The standard InChI is InChI=1S/C14H24N2O5S/c1-14(2,21-9-15)5-7-22-10-8-11(17)16(13(10)20)6-3-4-12(18)19/h10H,3-9,15H2,1-2H3,(H,18,19). The van der Waals surface area contributed by atoms with Crippen molar-refractivity contribution in [3.8, 4) is 0 Å². The van der Waals surface area contributed by atoms with Crippen LogP contribution in [0.2, 0.25) is 0 Å². The molecule has 1 aliphatic heterocycles. The molecule has 1 aliphatic rings. The molecular formula is C14H24N2O5S. The first-order valence-electron chi connectivity index (χ1n) is 7.28. The van der Waals surface area contributed by atoms with Gasteiger partial charge in [-0.2, -0.15) is 0 Å². The summed E-state index contributed by atoms with van der Waals surface area (Å²) in [6.45, 7) is 4.19. The Labute approximate surface area is 134 Å². The van der Waals surface area contributed by atoms with Crippen molar-refractivity contribution in [1.29, 1.82) is 0 Å². The maximum absolute atomic E-state index is 12.2. The molecule has 0 spiro atoms. The fourth-order valence-corrected chi connectivity index (χ4v) is 3.58. The van der Waals surface area contributed by atoms with Gasteiger partial charge >= 0.3 is 5.97 Å². The van der Waals surface area contributed by atoms with Gasteiger partial charge in [0.15, 0.2) is 0 Å². The number of likely N-dealkylation sites (tertiary alicyclic amines) is 1. The number of nitrogens with two attached hydrogens (primary N) is 1. The number of thioether (sulfide) groups is 1. The number of amides is 2. The van der Waals surface area contributed by atoms with Crippen LogP contribution in [0.3, 0.4) is 0 Å². The number of nitrogens with zero attached hydrogens (tertiary/aromatic N) is 1. The summed E-state index contributed by atoms with van der Waals surface area (Å²) in [7, 11) is 0. The summed E-state index contributed by atoms with van der Waals surface area (Å²) in [6.07, 6.45) is 1.17. The Balaban J connectivity index is 2.39. The van der Waals surface area contributed by atoms with Crippen LogP contribution < -0.4 is 5.73 Å². The van der Waals surface area contributed by atoms with E-state index in [0.29, 0.717) is 12.2 Å². The van der Waals surface area contributed by atoms with E-state index in [4.69, 9.17) is 15.6 Å². The van der Waals surface area contributed by atoms with Crippen LogP contribution in [0.25, 0.3) is 0 Å². The van der Waals surface area contributed by atoms with Crippen LogP contribution >= 0.6 is 11.8 Å². The Bertz CT molecular complexity index is 427. The molecule has 0 aliphatic carbocycles. The van der Waals surface area contributed by atoms with Crippen molar-refractivity contribution in [2.24, 2.45) is 5.73 Å². The van der Waals surface area contributed by atoms with Crippen LogP contribution in [0.4, 0.5) is 0 Å². The molecular weight excluding hydrogens is 308 g/mol. The van der Waals surface area contributed by atoms with E-state index in [1.165, 1.54) is 16.7 Å². The zero-order chi connectivity index (χ0) is 16.8. The van der Waals surface area contributed by atoms with Gasteiger partial charge in [0.1, 0.15) is 0 Å². The van der Waals surface area contributed by atoms with Crippen molar-refractivity contribution in [3.63, 3.8) is 0 Å². The third-order valence-electron chi connectivity index (χ3n) is 3.47. The summed E-state index contributed by atoms with van der Waals surface area (Å²) >= 11 is 1.44. The summed E-state index contributed by atoms with van der Waals surface area (Å²) in [5.41, 5.74) is 5.01. The molecule has 0 aromatic carbocycles. The zero-order valence-electron chi connectivity index (χ0n) is 13.0. The molecule has 126 valence electrons. The number of aliphatic carboxylic acids is 1. The van der Waals surface area contributed by atoms with E-state index in [1.807, 2.05) is 13.8 Å². The van der Waals surface area contributed by atoms with Crippen LogP contribution in [0.1, 0.15) is 39.5 Å². The van der Waals surface area contributed by atoms with E-state index in [9.17, 15) is 14.4 Å². The van der Waals surface area contributed by atoms with Crippen LogP contribution in [0.15, 0.2) is 0 Å². The van der Waals surface area contributed by atoms with Gasteiger partial charge in [-0.15, -0.1) is 11.8 Å². The summed E-state index contributed by atoms with van der Waals surface area (Å²) in [5.74, 6) is -0.657. The number of rotatable bonds is 10. The first-order valence-corrected chi connectivity index (χ1v) is 8.33. The average molecular weight is 332 g/mol.